The van der Waals surface area contributed by atoms with Gasteiger partial charge in [0.15, 0.2) is 0 Å². The lowest BCUT2D eigenvalue weighted by molar-refractivity contribution is -0.124. The van der Waals surface area contributed by atoms with Gasteiger partial charge in [0.2, 0.25) is 5.91 Å². The fraction of sp³-hybridized carbons (Fsp3) is 0.929. The van der Waals surface area contributed by atoms with Crippen LogP contribution >= 0.6 is 0 Å². The quantitative estimate of drug-likeness (QED) is 0.674. The average Bonchev–Trinajstić information content (AvgIpc) is 2.36. The third kappa shape index (κ3) is 4.94. The Bertz CT molecular complexity index is 250. The van der Waals surface area contributed by atoms with Crippen LogP contribution in [0.1, 0.15) is 52.9 Å². The van der Waals surface area contributed by atoms with E-state index in [2.05, 4.69) is 10.6 Å². The molecule has 1 aliphatic carbocycles. The van der Waals surface area contributed by atoms with Gasteiger partial charge in [0.25, 0.3) is 0 Å². The van der Waals surface area contributed by atoms with Gasteiger partial charge in [-0.05, 0) is 25.7 Å². The van der Waals surface area contributed by atoms with Gasteiger partial charge in [-0.2, -0.15) is 0 Å². The largest absolute Gasteiger partial charge is 0.395 e. The number of carbonyl (C=O) groups excluding carboxylic acids is 1. The molecule has 0 aromatic carbocycles. The Kier molecular flexibility index (Phi) is 6.65. The van der Waals surface area contributed by atoms with Crippen LogP contribution in [0.15, 0.2) is 0 Å². The van der Waals surface area contributed by atoms with E-state index >= 15 is 0 Å². The molecule has 2 atom stereocenters. The third-order valence-electron chi connectivity index (χ3n) is 3.81. The van der Waals surface area contributed by atoms with Gasteiger partial charge in [-0.1, -0.05) is 33.1 Å². The number of hydrogen-bond acceptors (Lipinski definition) is 3. The predicted molar refractivity (Wildman–Crippen MR) is 73.3 cm³/mol. The molecule has 0 spiro atoms. The van der Waals surface area contributed by atoms with Crippen LogP contribution in [-0.2, 0) is 4.79 Å². The lowest BCUT2D eigenvalue weighted by Crippen LogP contribution is -2.51. The topological polar surface area (TPSA) is 61.4 Å². The van der Waals surface area contributed by atoms with Crippen molar-refractivity contribution in [2.45, 2.75) is 71.0 Å². The molecular formula is C14H28N2O2. The molecule has 4 heteroatoms. The first-order valence-electron chi connectivity index (χ1n) is 7.22. The summed E-state index contributed by atoms with van der Waals surface area (Å²) in [5.41, 5.74) is 0. The Morgan fingerprint density at radius 3 is 2.33 bits per heavy atom. The molecule has 106 valence electrons. The number of hydrogen-bond donors (Lipinski definition) is 3. The summed E-state index contributed by atoms with van der Waals surface area (Å²) < 4.78 is 0. The van der Waals surface area contributed by atoms with Crippen LogP contribution in [0, 0.1) is 5.92 Å². The molecule has 0 heterocycles. The van der Waals surface area contributed by atoms with Gasteiger partial charge in [0.1, 0.15) is 0 Å². The van der Waals surface area contributed by atoms with Crippen molar-refractivity contribution in [3.8, 4) is 0 Å². The van der Waals surface area contributed by atoms with Crippen molar-refractivity contribution in [2.75, 3.05) is 6.61 Å². The Balaban J connectivity index is 2.35. The number of amides is 1. The number of rotatable bonds is 6. The van der Waals surface area contributed by atoms with Gasteiger partial charge in [-0.3, -0.25) is 4.79 Å². The number of carbonyl (C=O) groups is 1. The lowest BCUT2D eigenvalue weighted by atomic mass is 9.95. The molecule has 4 nitrogen and oxygen atoms in total. The van der Waals surface area contributed by atoms with Crippen LogP contribution in [0.4, 0.5) is 0 Å². The normalized spacial score (nSPS) is 20.7. The van der Waals surface area contributed by atoms with Crippen molar-refractivity contribution >= 4 is 5.91 Å². The zero-order valence-electron chi connectivity index (χ0n) is 11.9. The van der Waals surface area contributed by atoms with E-state index in [-0.39, 0.29) is 24.6 Å². The summed E-state index contributed by atoms with van der Waals surface area (Å²) in [4.78, 5) is 12.0. The van der Waals surface area contributed by atoms with E-state index in [4.69, 9.17) is 0 Å². The van der Waals surface area contributed by atoms with Crippen LogP contribution in [-0.4, -0.2) is 35.7 Å². The minimum absolute atomic E-state index is 0.0166. The highest BCUT2D eigenvalue weighted by molar-refractivity contribution is 5.81. The van der Waals surface area contributed by atoms with Gasteiger partial charge in [-0.25, -0.2) is 0 Å². The Morgan fingerprint density at radius 1 is 1.22 bits per heavy atom. The number of aliphatic hydroxyl groups excluding tert-OH is 1. The van der Waals surface area contributed by atoms with Crippen molar-refractivity contribution in [3.05, 3.63) is 0 Å². The lowest BCUT2D eigenvalue weighted by Gasteiger charge is -2.27. The monoisotopic (exact) mass is 256 g/mol. The highest BCUT2D eigenvalue weighted by Gasteiger charge is 2.22. The maximum Gasteiger partial charge on any atom is 0.237 e. The maximum atomic E-state index is 12.0. The van der Waals surface area contributed by atoms with Crippen molar-refractivity contribution < 1.29 is 9.90 Å². The molecule has 1 fully saturated rings. The van der Waals surface area contributed by atoms with Crippen LogP contribution in [0.5, 0.6) is 0 Å². The molecule has 2 unspecified atom stereocenters. The Hall–Kier alpha value is -0.610. The molecule has 1 amide bonds. The van der Waals surface area contributed by atoms with Crippen LogP contribution in [0.3, 0.4) is 0 Å². The Morgan fingerprint density at radius 2 is 1.83 bits per heavy atom. The third-order valence-corrected chi connectivity index (χ3v) is 3.81. The molecule has 0 radical (unpaired) electrons. The van der Waals surface area contributed by atoms with Gasteiger partial charge in [-0.15, -0.1) is 0 Å². The van der Waals surface area contributed by atoms with Gasteiger partial charge in [0, 0.05) is 12.1 Å². The second kappa shape index (κ2) is 7.74. The summed E-state index contributed by atoms with van der Waals surface area (Å²) in [6.45, 7) is 6.02. The first-order chi connectivity index (χ1) is 8.54. The van der Waals surface area contributed by atoms with E-state index in [1.807, 2.05) is 20.8 Å². The molecule has 0 saturated heterocycles. The molecule has 1 saturated carbocycles. The maximum absolute atomic E-state index is 12.0. The second-order valence-electron chi connectivity index (χ2n) is 5.76. The number of nitrogens with one attached hydrogen (secondary N) is 2. The molecule has 0 bridgehead atoms. The summed E-state index contributed by atoms with van der Waals surface area (Å²) in [5.74, 6) is 0.376. The molecule has 1 rings (SSSR count). The summed E-state index contributed by atoms with van der Waals surface area (Å²) in [5, 5.41) is 15.6. The summed E-state index contributed by atoms with van der Waals surface area (Å²) in [7, 11) is 0. The van der Waals surface area contributed by atoms with Gasteiger partial charge in [0.05, 0.1) is 12.6 Å². The van der Waals surface area contributed by atoms with E-state index < -0.39 is 0 Å². The molecule has 1 aliphatic rings. The predicted octanol–water partition coefficient (Wildman–Crippen LogP) is 1.43. The average molecular weight is 256 g/mol. The Labute approximate surface area is 111 Å². The van der Waals surface area contributed by atoms with E-state index in [0.717, 1.165) is 12.8 Å². The molecule has 0 aromatic rings. The highest BCUT2D eigenvalue weighted by Crippen LogP contribution is 2.17. The molecule has 0 aromatic heterocycles. The van der Waals surface area contributed by atoms with Gasteiger partial charge < -0.3 is 15.7 Å². The highest BCUT2D eigenvalue weighted by atomic mass is 16.3. The van der Waals surface area contributed by atoms with Crippen LogP contribution in [0.2, 0.25) is 0 Å². The molecule has 0 aliphatic heterocycles. The standard InChI is InChI=1S/C14H28N2O2/c1-10(2)13(9-17)15-11(3)14(18)16-12-7-5-4-6-8-12/h10-13,15,17H,4-9H2,1-3H3,(H,16,18). The molecule has 18 heavy (non-hydrogen) atoms. The van der Waals surface area contributed by atoms with Crippen LogP contribution < -0.4 is 10.6 Å². The summed E-state index contributed by atoms with van der Waals surface area (Å²) >= 11 is 0. The van der Waals surface area contributed by atoms with Crippen molar-refractivity contribution in [3.63, 3.8) is 0 Å². The molecular weight excluding hydrogens is 228 g/mol. The van der Waals surface area contributed by atoms with E-state index in [1.165, 1.54) is 19.3 Å². The van der Waals surface area contributed by atoms with E-state index in [1.54, 1.807) is 0 Å². The fourth-order valence-electron chi connectivity index (χ4n) is 2.43. The number of aliphatic hydroxyl groups is 1. The fourth-order valence-corrected chi connectivity index (χ4v) is 2.43. The van der Waals surface area contributed by atoms with Crippen molar-refractivity contribution in [1.29, 1.82) is 0 Å². The first-order valence-corrected chi connectivity index (χ1v) is 7.22. The second-order valence-corrected chi connectivity index (χ2v) is 5.76. The van der Waals surface area contributed by atoms with Crippen molar-refractivity contribution in [1.82, 2.24) is 10.6 Å². The van der Waals surface area contributed by atoms with E-state index in [0.29, 0.717) is 12.0 Å². The SMILES string of the molecule is CC(NC(CO)C(C)C)C(=O)NC1CCCCC1. The minimum Gasteiger partial charge on any atom is -0.395 e. The smallest absolute Gasteiger partial charge is 0.237 e. The summed E-state index contributed by atoms with van der Waals surface area (Å²) in [6, 6.07) is 0.0886. The minimum atomic E-state index is -0.244. The van der Waals surface area contributed by atoms with Crippen LogP contribution in [0.25, 0.3) is 0 Å². The zero-order chi connectivity index (χ0) is 13.5. The first kappa shape index (κ1) is 15.4. The van der Waals surface area contributed by atoms with Crippen molar-refractivity contribution in [2.24, 2.45) is 5.92 Å². The van der Waals surface area contributed by atoms with Gasteiger partial charge >= 0.3 is 0 Å². The zero-order valence-corrected chi connectivity index (χ0v) is 11.9. The summed E-state index contributed by atoms with van der Waals surface area (Å²) in [6.07, 6.45) is 5.94. The molecule has 3 N–H and O–H groups in total. The van der Waals surface area contributed by atoms with E-state index in [9.17, 15) is 9.90 Å².